The molecule has 0 aliphatic heterocycles. The number of nitrogens with two attached hydrogens (primary N) is 1. The van der Waals surface area contributed by atoms with Crippen LogP contribution in [0.25, 0.3) is 0 Å². The highest BCUT2D eigenvalue weighted by Gasteiger charge is 2.10. The Morgan fingerprint density at radius 2 is 1.90 bits per heavy atom. The summed E-state index contributed by atoms with van der Waals surface area (Å²) in [4.78, 5) is 14.8. The third-order valence-electron chi connectivity index (χ3n) is 3.10. The van der Waals surface area contributed by atoms with E-state index in [4.69, 9.17) is 5.73 Å². The van der Waals surface area contributed by atoms with Gasteiger partial charge < -0.3 is 16.0 Å². The fourth-order valence-electron chi connectivity index (χ4n) is 1.94. The molecule has 21 heavy (non-hydrogen) atoms. The van der Waals surface area contributed by atoms with E-state index >= 15 is 0 Å². The summed E-state index contributed by atoms with van der Waals surface area (Å²) < 4.78 is 1.06. The number of halogens is 1. The van der Waals surface area contributed by atoms with Crippen LogP contribution >= 0.6 is 15.9 Å². The molecule has 2 aromatic rings. The number of hydrogen-bond acceptors (Lipinski definition) is 6. The number of nitrogen functional groups attached to an aromatic ring is 1. The molecule has 0 bridgehead atoms. The Labute approximate surface area is 132 Å². The van der Waals surface area contributed by atoms with Crippen molar-refractivity contribution in [2.24, 2.45) is 0 Å². The number of aryl methyl sites for hydroxylation is 1. The highest BCUT2D eigenvalue weighted by atomic mass is 79.9. The topological polar surface area (TPSA) is 80.0 Å². The second-order valence-corrected chi connectivity index (χ2v) is 5.43. The van der Waals surface area contributed by atoms with Crippen LogP contribution in [0.4, 0.5) is 23.5 Å². The largest absolute Gasteiger partial charge is 0.368 e. The van der Waals surface area contributed by atoms with Gasteiger partial charge in [0.05, 0.1) is 0 Å². The number of nitrogens with one attached hydrogen (secondary N) is 1. The summed E-state index contributed by atoms with van der Waals surface area (Å²) in [5, 5.41) is 3.17. The standard InChI is InChI=1S/C14H19BrN6/c1-4-21(5-2)14-19-12(16)18-13(20-14)17-10-6-7-11(15)9(3)8-10/h6-8H,4-5H2,1-3H3,(H3,16,17,18,19,20). The van der Waals surface area contributed by atoms with E-state index in [0.717, 1.165) is 28.8 Å². The molecule has 0 aliphatic rings. The van der Waals surface area contributed by atoms with Gasteiger partial charge in [-0.1, -0.05) is 15.9 Å². The van der Waals surface area contributed by atoms with Gasteiger partial charge in [-0.25, -0.2) is 0 Å². The van der Waals surface area contributed by atoms with Crippen molar-refractivity contribution in [3.05, 3.63) is 28.2 Å². The average molecular weight is 351 g/mol. The second-order valence-electron chi connectivity index (χ2n) is 4.58. The van der Waals surface area contributed by atoms with Crippen LogP contribution in [-0.4, -0.2) is 28.0 Å². The Bertz CT molecular complexity index is 627. The average Bonchev–Trinajstić information content (AvgIpc) is 2.44. The predicted octanol–water partition coefficient (Wildman–Crippen LogP) is 3.11. The molecule has 0 amide bonds. The molecule has 0 atom stereocenters. The maximum absolute atomic E-state index is 5.78. The number of hydrogen-bond donors (Lipinski definition) is 2. The van der Waals surface area contributed by atoms with Gasteiger partial charge in [0.25, 0.3) is 0 Å². The molecule has 0 saturated carbocycles. The summed E-state index contributed by atoms with van der Waals surface area (Å²) >= 11 is 3.48. The van der Waals surface area contributed by atoms with Crippen molar-refractivity contribution < 1.29 is 0 Å². The van der Waals surface area contributed by atoms with Gasteiger partial charge >= 0.3 is 0 Å². The first-order valence-corrected chi connectivity index (χ1v) is 7.62. The molecule has 6 nitrogen and oxygen atoms in total. The number of rotatable bonds is 5. The Kier molecular flexibility index (Phi) is 4.95. The summed E-state index contributed by atoms with van der Waals surface area (Å²) in [6.07, 6.45) is 0. The van der Waals surface area contributed by atoms with Gasteiger partial charge in [-0.15, -0.1) is 0 Å². The van der Waals surface area contributed by atoms with E-state index < -0.39 is 0 Å². The fourth-order valence-corrected chi connectivity index (χ4v) is 2.18. The maximum atomic E-state index is 5.78. The van der Waals surface area contributed by atoms with E-state index in [1.807, 2.05) is 30.0 Å². The summed E-state index contributed by atoms with van der Waals surface area (Å²) in [5.74, 6) is 1.25. The molecule has 1 heterocycles. The first kappa shape index (κ1) is 15.5. The van der Waals surface area contributed by atoms with Crippen molar-refractivity contribution in [1.29, 1.82) is 0 Å². The smallest absolute Gasteiger partial charge is 0.233 e. The molecule has 7 heteroatoms. The van der Waals surface area contributed by atoms with E-state index in [1.165, 1.54) is 0 Å². The lowest BCUT2D eigenvalue weighted by Crippen LogP contribution is -2.25. The van der Waals surface area contributed by atoms with Crippen LogP contribution in [-0.2, 0) is 0 Å². The Hall–Kier alpha value is -1.89. The molecule has 0 radical (unpaired) electrons. The van der Waals surface area contributed by atoms with E-state index in [2.05, 4.69) is 50.0 Å². The van der Waals surface area contributed by atoms with Gasteiger partial charge in [0.15, 0.2) is 0 Å². The molecule has 2 rings (SSSR count). The van der Waals surface area contributed by atoms with E-state index in [-0.39, 0.29) is 5.95 Å². The lowest BCUT2D eigenvalue weighted by atomic mass is 10.2. The fraction of sp³-hybridized carbons (Fsp3) is 0.357. The monoisotopic (exact) mass is 350 g/mol. The summed E-state index contributed by atoms with van der Waals surface area (Å²) in [5.41, 5.74) is 7.82. The third kappa shape index (κ3) is 3.81. The van der Waals surface area contributed by atoms with Crippen LogP contribution in [0.5, 0.6) is 0 Å². The molecule has 0 saturated heterocycles. The summed E-state index contributed by atoms with van der Waals surface area (Å²) in [6, 6.07) is 5.95. The zero-order valence-electron chi connectivity index (χ0n) is 12.4. The van der Waals surface area contributed by atoms with Crippen LogP contribution in [0, 0.1) is 6.92 Å². The lowest BCUT2D eigenvalue weighted by molar-refractivity contribution is 0.816. The SMILES string of the molecule is CCN(CC)c1nc(N)nc(Nc2ccc(Br)c(C)c2)n1. The normalized spacial score (nSPS) is 10.5. The van der Waals surface area contributed by atoms with Crippen molar-refractivity contribution in [1.82, 2.24) is 15.0 Å². The number of benzene rings is 1. The molecular weight excluding hydrogens is 332 g/mol. The highest BCUT2D eigenvalue weighted by molar-refractivity contribution is 9.10. The van der Waals surface area contributed by atoms with Crippen LogP contribution in [0.15, 0.2) is 22.7 Å². The zero-order valence-corrected chi connectivity index (χ0v) is 14.0. The van der Waals surface area contributed by atoms with Gasteiger partial charge in [-0.3, -0.25) is 0 Å². The van der Waals surface area contributed by atoms with Crippen LogP contribution in [0.3, 0.4) is 0 Å². The quantitative estimate of drug-likeness (QED) is 0.862. The van der Waals surface area contributed by atoms with Gasteiger partial charge in [0.1, 0.15) is 0 Å². The maximum Gasteiger partial charge on any atom is 0.233 e. The van der Waals surface area contributed by atoms with E-state index in [9.17, 15) is 0 Å². The van der Waals surface area contributed by atoms with Gasteiger partial charge in [-0.2, -0.15) is 15.0 Å². The van der Waals surface area contributed by atoms with Gasteiger partial charge in [0, 0.05) is 23.2 Å². The highest BCUT2D eigenvalue weighted by Crippen LogP contribution is 2.22. The van der Waals surface area contributed by atoms with Crippen molar-refractivity contribution in [2.45, 2.75) is 20.8 Å². The number of anilines is 4. The molecule has 1 aromatic heterocycles. The minimum atomic E-state index is 0.211. The zero-order chi connectivity index (χ0) is 15.4. The van der Waals surface area contributed by atoms with Crippen molar-refractivity contribution in [2.75, 3.05) is 29.0 Å². The van der Waals surface area contributed by atoms with Crippen LogP contribution < -0.4 is 16.0 Å². The lowest BCUT2D eigenvalue weighted by Gasteiger charge is -2.19. The summed E-state index contributed by atoms with van der Waals surface area (Å²) in [7, 11) is 0. The van der Waals surface area contributed by atoms with E-state index in [1.54, 1.807) is 0 Å². The molecule has 112 valence electrons. The molecule has 0 spiro atoms. The molecular formula is C14H19BrN6. The Morgan fingerprint density at radius 3 is 2.52 bits per heavy atom. The first-order chi connectivity index (χ1) is 10.0. The third-order valence-corrected chi connectivity index (χ3v) is 3.99. The first-order valence-electron chi connectivity index (χ1n) is 6.83. The Morgan fingerprint density at radius 1 is 1.19 bits per heavy atom. The van der Waals surface area contributed by atoms with Gasteiger partial charge in [0.2, 0.25) is 17.8 Å². The molecule has 0 aliphatic carbocycles. The van der Waals surface area contributed by atoms with Crippen molar-refractivity contribution in [3.63, 3.8) is 0 Å². The molecule has 1 aromatic carbocycles. The van der Waals surface area contributed by atoms with Gasteiger partial charge in [-0.05, 0) is 44.5 Å². The van der Waals surface area contributed by atoms with Crippen LogP contribution in [0.1, 0.15) is 19.4 Å². The predicted molar refractivity (Wildman–Crippen MR) is 90.0 cm³/mol. The second kappa shape index (κ2) is 6.71. The molecule has 0 unspecified atom stereocenters. The van der Waals surface area contributed by atoms with Crippen LogP contribution in [0.2, 0.25) is 0 Å². The molecule has 3 N–H and O–H groups in total. The number of nitrogens with zero attached hydrogens (tertiary/aromatic N) is 4. The minimum absolute atomic E-state index is 0.211. The van der Waals surface area contributed by atoms with E-state index in [0.29, 0.717) is 11.9 Å². The summed E-state index contributed by atoms with van der Waals surface area (Å²) in [6.45, 7) is 7.76. The Balaban J connectivity index is 2.29. The molecule has 0 fully saturated rings. The number of aromatic nitrogens is 3. The minimum Gasteiger partial charge on any atom is -0.368 e. The van der Waals surface area contributed by atoms with Crippen molar-refractivity contribution in [3.8, 4) is 0 Å². The van der Waals surface area contributed by atoms with Crippen molar-refractivity contribution >= 4 is 39.5 Å².